The van der Waals surface area contributed by atoms with Crippen LogP contribution in [-0.2, 0) is 0 Å². The van der Waals surface area contributed by atoms with Gasteiger partial charge < -0.3 is 24.0 Å². The van der Waals surface area contributed by atoms with Gasteiger partial charge in [0.1, 0.15) is 0 Å². The fraction of sp³-hybridized carbons (Fsp3) is 0.417. The zero-order valence-electron chi connectivity index (χ0n) is 10.9. The van der Waals surface area contributed by atoms with Gasteiger partial charge in [-0.25, -0.2) is 0 Å². The Hall–Kier alpha value is -0.222. The molecule has 0 aliphatic carbocycles. The average Bonchev–Trinajstić information content (AvgIpc) is 2.17. The summed E-state index contributed by atoms with van der Waals surface area (Å²) >= 11 is -1.60. The van der Waals surface area contributed by atoms with E-state index < -0.39 is 13.6 Å². The predicted molar refractivity (Wildman–Crippen MR) is 69.1 cm³/mol. The standard InChI is InChI=1S/C12H19AsNO2.HI/c1-13(2,3)10-6-8-11(9-7-10)16-12(15)14(4)5;/h6-9H,1-5H3;1H/q+1;/p-1. The fourth-order valence-corrected chi connectivity index (χ4v) is 3.34. The van der Waals surface area contributed by atoms with E-state index in [0.717, 1.165) is 0 Å². The number of nitrogens with zero attached hydrogens (tertiary/aromatic N) is 1. The Morgan fingerprint density at radius 1 is 1.12 bits per heavy atom. The summed E-state index contributed by atoms with van der Waals surface area (Å²) in [6.45, 7) is 0. The maximum atomic E-state index is 11.3. The first kappa shape index (κ1) is 16.8. The van der Waals surface area contributed by atoms with Crippen molar-refractivity contribution in [3.63, 3.8) is 0 Å². The number of carbonyl (C=O) groups is 1. The quantitative estimate of drug-likeness (QED) is 0.476. The second kappa shape index (κ2) is 6.64. The SMILES string of the molecule is CN(C)C(=O)Oc1ccc([As+](C)(C)C)cc1.[I-]. The molecule has 0 radical (unpaired) electrons. The van der Waals surface area contributed by atoms with Crippen LogP contribution in [0.5, 0.6) is 5.75 Å². The van der Waals surface area contributed by atoms with Gasteiger partial charge in [0, 0.05) is 0 Å². The third-order valence-corrected chi connectivity index (χ3v) is 6.06. The van der Waals surface area contributed by atoms with Gasteiger partial charge in [0.15, 0.2) is 0 Å². The molecule has 0 atom stereocenters. The third-order valence-electron chi connectivity index (χ3n) is 2.18. The molecular weight excluding hydrogens is 392 g/mol. The Balaban J connectivity index is 0.00000256. The van der Waals surface area contributed by atoms with Gasteiger partial charge >= 0.3 is 99.7 Å². The van der Waals surface area contributed by atoms with Crippen LogP contribution in [0.4, 0.5) is 4.79 Å². The average molecular weight is 411 g/mol. The van der Waals surface area contributed by atoms with Gasteiger partial charge in [-0.05, 0) is 0 Å². The number of carbonyl (C=O) groups excluding carboxylic acids is 1. The van der Waals surface area contributed by atoms with Crippen LogP contribution in [0.2, 0.25) is 17.1 Å². The molecule has 0 fully saturated rings. The Labute approximate surface area is 123 Å². The minimum atomic E-state index is -1.60. The van der Waals surface area contributed by atoms with Gasteiger partial charge in [-0.3, -0.25) is 0 Å². The van der Waals surface area contributed by atoms with Crippen molar-refractivity contribution in [3.05, 3.63) is 24.3 Å². The molecule has 1 amide bonds. The summed E-state index contributed by atoms with van der Waals surface area (Å²) < 4.78 is 6.54. The first-order chi connectivity index (χ1) is 7.30. The van der Waals surface area contributed by atoms with Crippen molar-refractivity contribution in [2.45, 2.75) is 17.1 Å². The maximum absolute atomic E-state index is 11.3. The van der Waals surface area contributed by atoms with E-state index >= 15 is 0 Å². The van der Waals surface area contributed by atoms with Crippen LogP contribution in [0.25, 0.3) is 0 Å². The van der Waals surface area contributed by atoms with Crippen LogP contribution < -0.4 is 33.1 Å². The number of benzene rings is 1. The fourth-order valence-electron chi connectivity index (χ4n) is 1.15. The second-order valence-corrected chi connectivity index (χ2v) is 14.3. The molecule has 0 unspecified atom stereocenters. The van der Waals surface area contributed by atoms with Crippen molar-refractivity contribution in [3.8, 4) is 5.75 Å². The maximum Gasteiger partial charge on any atom is -1.00 e. The summed E-state index contributed by atoms with van der Waals surface area (Å²) in [5.41, 5.74) is 6.96. The minimum Gasteiger partial charge on any atom is -1.00 e. The molecule has 0 saturated heterocycles. The summed E-state index contributed by atoms with van der Waals surface area (Å²) in [4.78, 5) is 12.7. The first-order valence-corrected chi connectivity index (χ1v) is 11.7. The third kappa shape index (κ3) is 5.30. The zero-order valence-corrected chi connectivity index (χ0v) is 14.9. The van der Waals surface area contributed by atoms with Crippen molar-refractivity contribution in [1.82, 2.24) is 4.90 Å². The summed E-state index contributed by atoms with van der Waals surface area (Å²) in [7, 11) is 3.33. The molecule has 17 heavy (non-hydrogen) atoms. The van der Waals surface area contributed by atoms with Gasteiger partial charge in [0.2, 0.25) is 0 Å². The smallest absolute Gasteiger partial charge is 1.00 e. The normalized spacial score (nSPS) is 10.4. The molecule has 96 valence electrons. The van der Waals surface area contributed by atoms with E-state index in [1.807, 2.05) is 12.1 Å². The molecule has 1 aromatic rings. The van der Waals surface area contributed by atoms with E-state index in [-0.39, 0.29) is 30.1 Å². The van der Waals surface area contributed by atoms with Crippen molar-refractivity contribution in [1.29, 1.82) is 0 Å². The Kier molecular flexibility index (Phi) is 6.56. The second-order valence-electron chi connectivity index (χ2n) is 4.77. The summed E-state index contributed by atoms with van der Waals surface area (Å²) in [5.74, 6) is 0.603. The summed E-state index contributed by atoms with van der Waals surface area (Å²) in [6.07, 6.45) is -0.344. The summed E-state index contributed by atoms with van der Waals surface area (Å²) in [5, 5.41) is 0. The van der Waals surface area contributed by atoms with Crippen LogP contribution >= 0.6 is 0 Å². The number of hydrogen-bond donors (Lipinski definition) is 0. The molecule has 5 heteroatoms. The zero-order chi connectivity index (χ0) is 12.3. The molecular formula is C12H19AsINO2. The molecule has 0 saturated carbocycles. The molecule has 0 aromatic heterocycles. The molecule has 0 heterocycles. The van der Waals surface area contributed by atoms with Gasteiger partial charge in [0.05, 0.1) is 0 Å². The monoisotopic (exact) mass is 411 g/mol. The minimum absolute atomic E-state index is 0. The number of rotatable bonds is 2. The van der Waals surface area contributed by atoms with Crippen molar-refractivity contribution in [2.24, 2.45) is 0 Å². The number of halogens is 1. The van der Waals surface area contributed by atoms with Crippen LogP contribution in [-0.4, -0.2) is 38.6 Å². The van der Waals surface area contributed by atoms with Gasteiger partial charge in [0.25, 0.3) is 0 Å². The Morgan fingerprint density at radius 3 is 1.94 bits per heavy atom. The van der Waals surface area contributed by atoms with E-state index in [1.54, 1.807) is 14.1 Å². The van der Waals surface area contributed by atoms with Crippen LogP contribution in [0.15, 0.2) is 24.3 Å². The van der Waals surface area contributed by atoms with Crippen molar-refractivity contribution in [2.75, 3.05) is 14.1 Å². The largest absolute Gasteiger partial charge is 1.00 e. The molecule has 0 aliphatic rings. The van der Waals surface area contributed by atoms with E-state index in [2.05, 4.69) is 29.3 Å². The Bertz CT molecular complexity index is 371. The molecule has 0 N–H and O–H groups in total. The molecule has 1 rings (SSSR count). The van der Waals surface area contributed by atoms with Gasteiger partial charge in [-0.1, -0.05) is 0 Å². The topological polar surface area (TPSA) is 29.5 Å². The van der Waals surface area contributed by atoms with E-state index in [4.69, 9.17) is 4.74 Å². The number of amides is 1. The number of hydrogen-bond acceptors (Lipinski definition) is 2. The molecule has 3 nitrogen and oxygen atoms in total. The number of ether oxygens (including phenoxy) is 1. The van der Waals surface area contributed by atoms with Crippen LogP contribution in [0.1, 0.15) is 0 Å². The van der Waals surface area contributed by atoms with E-state index in [0.29, 0.717) is 5.75 Å². The van der Waals surface area contributed by atoms with Crippen molar-refractivity contribution >= 4 is 24.0 Å². The van der Waals surface area contributed by atoms with Crippen LogP contribution in [0, 0.1) is 0 Å². The molecule has 0 spiro atoms. The van der Waals surface area contributed by atoms with Crippen LogP contribution in [0.3, 0.4) is 0 Å². The summed E-state index contributed by atoms with van der Waals surface area (Å²) in [6, 6.07) is 7.85. The molecule has 0 aliphatic heterocycles. The Morgan fingerprint density at radius 2 is 1.59 bits per heavy atom. The predicted octanol–water partition coefficient (Wildman–Crippen LogP) is -0.704. The van der Waals surface area contributed by atoms with E-state index in [9.17, 15) is 4.79 Å². The molecule has 0 bridgehead atoms. The van der Waals surface area contributed by atoms with Gasteiger partial charge in [-0.2, -0.15) is 0 Å². The van der Waals surface area contributed by atoms with Gasteiger partial charge in [-0.15, -0.1) is 0 Å². The van der Waals surface area contributed by atoms with Crippen molar-refractivity contribution < 1.29 is 33.5 Å². The first-order valence-electron chi connectivity index (χ1n) is 5.12. The molecule has 1 aromatic carbocycles. The van der Waals surface area contributed by atoms with E-state index in [1.165, 1.54) is 9.25 Å².